The van der Waals surface area contributed by atoms with Gasteiger partial charge < -0.3 is 4.90 Å². The van der Waals surface area contributed by atoms with Gasteiger partial charge in [0.2, 0.25) is 15.9 Å². The number of piperazine rings is 1. The van der Waals surface area contributed by atoms with Gasteiger partial charge in [0, 0.05) is 23.8 Å². The van der Waals surface area contributed by atoms with Crippen LogP contribution in [0.25, 0.3) is 0 Å². The van der Waals surface area contributed by atoms with Crippen molar-refractivity contribution in [2.24, 2.45) is 0 Å². The molecule has 5 nitrogen and oxygen atoms in total. The Labute approximate surface area is 150 Å². The van der Waals surface area contributed by atoms with Crippen LogP contribution in [0.2, 0.25) is 5.02 Å². The standard InChI is InChI=1S/C17H16ClFN2O3S/c1-12-17(22)20(15-6-4-14(19)5-7-15)10-11-21(12)25(23,24)16-8-2-13(18)3-9-16/h2-9,12H,10-11H2,1H3/t12-/m0/s1. The first-order valence-electron chi connectivity index (χ1n) is 7.65. The highest BCUT2D eigenvalue weighted by atomic mass is 35.5. The van der Waals surface area contributed by atoms with E-state index in [9.17, 15) is 17.6 Å². The van der Waals surface area contributed by atoms with Crippen LogP contribution in [0.15, 0.2) is 53.4 Å². The molecule has 0 aliphatic carbocycles. The molecule has 0 unspecified atom stereocenters. The van der Waals surface area contributed by atoms with Crippen molar-refractivity contribution in [3.8, 4) is 0 Å². The molecular formula is C17H16ClFN2O3S. The Balaban J connectivity index is 1.86. The van der Waals surface area contributed by atoms with E-state index in [0.717, 1.165) is 0 Å². The number of hydrogen-bond donors (Lipinski definition) is 0. The predicted octanol–water partition coefficient (Wildman–Crippen LogP) is 2.91. The van der Waals surface area contributed by atoms with E-state index in [1.807, 2.05) is 0 Å². The summed E-state index contributed by atoms with van der Waals surface area (Å²) in [6.45, 7) is 1.89. The van der Waals surface area contributed by atoms with Crippen molar-refractivity contribution in [1.82, 2.24) is 4.31 Å². The molecule has 1 amide bonds. The monoisotopic (exact) mass is 382 g/mol. The number of carbonyl (C=O) groups excluding carboxylic acids is 1. The van der Waals surface area contributed by atoms with Gasteiger partial charge >= 0.3 is 0 Å². The second kappa shape index (κ2) is 6.74. The van der Waals surface area contributed by atoms with Crippen molar-refractivity contribution < 1.29 is 17.6 Å². The Morgan fingerprint density at radius 2 is 1.64 bits per heavy atom. The molecule has 1 aliphatic heterocycles. The molecule has 1 aliphatic rings. The predicted molar refractivity (Wildman–Crippen MR) is 93.6 cm³/mol. The number of carbonyl (C=O) groups is 1. The maximum absolute atomic E-state index is 13.1. The van der Waals surface area contributed by atoms with E-state index >= 15 is 0 Å². The summed E-state index contributed by atoms with van der Waals surface area (Å²) in [5, 5.41) is 0.434. The van der Waals surface area contributed by atoms with Crippen molar-refractivity contribution in [3.63, 3.8) is 0 Å². The third-order valence-electron chi connectivity index (χ3n) is 4.16. The fourth-order valence-electron chi connectivity index (χ4n) is 2.80. The van der Waals surface area contributed by atoms with Crippen LogP contribution in [0, 0.1) is 5.82 Å². The van der Waals surface area contributed by atoms with E-state index in [4.69, 9.17) is 11.6 Å². The summed E-state index contributed by atoms with van der Waals surface area (Å²) in [6, 6.07) is 10.5. The molecule has 25 heavy (non-hydrogen) atoms. The minimum absolute atomic E-state index is 0.0896. The van der Waals surface area contributed by atoms with Crippen LogP contribution < -0.4 is 4.90 Å². The lowest BCUT2D eigenvalue weighted by Crippen LogP contribution is -2.57. The van der Waals surface area contributed by atoms with Crippen molar-refractivity contribution in [2.45, 2.75) is 17.9 Å². The molecule has 0 aromatic heterocycles. The lowest BCUT2D eigenvalue weighted by atomic mass is 10.2. The highest BCUT2D eigenvalue weighted by Crippen LogP contribution is 2.26. The fraction of sp³-hybridized carbons (Fsp3) is 0.235. The van der Waals surface area contributed by atoms with Gasteiger partial charge in [-0.05, 0) is 55.5 Å². The Morgan fingerprint density at radius 1 is 1.04 bits per heavy atom. The van der Waals surface area contributed by atoms with Gasteiger partial charge in [-0.25, -0.2) is 12.8 Å². The maximum atomic E-state index is 13.1. The third-order valence-corrected chi connectivity index (χ3v) is 6.39. The average molecular weight is 383 g/mol. The topological polar surface area (TPSA) is 57.7 Å². The maximum Gasteiger partial charge on any atom is 0.245 e. The Bertz CT molecular complexity index is 885. The molecule has 0 bridgehead atoms. The van der Waals surface area contributed by atoms with Gasteiger partial charge in [-0.2, -0.15) is 4.31 Å². The Hall–Kier alpha value is -1.96. The second-order valence-electron chi connectivity index (χ2n) is 5.71. The van der Waals surface area contributed by atoms with Crippen molar-refractivity contribution in [3.05, 3.63) is 59.4 Å². The van der Waals surface area contributed by atoms with Crippen LogP contribution in [0.1, 0.15) is 6.92 Å². The summed E-state index contributed by atoms with van der Waals surface area (Å²) in [6.07, 6.45) is 0. The molecule has 1 heterocycles. The van der Waals surface area contributed by atoms with Gasteiger partial charge in [-0.3, -0.25) is 4.79 Å². The largest absolute Gasteiger partial charge is 0.310 e. The van der Waals surface area contributed by atoms with Gasteiger partial charge in [0.1, 0.15) is 11.9 Å². The number of anilines is 1. The summed E-state index contributed by atoms with van der Waals surface area (Å²) in [4.78, 5) is 14.2. The average Bonchev–Trinajstić information content (AvgIpc) is 2.58. The zero-order valence-corrected chi connectivity index (χ0v) is 15.0. The van der Waals surface area contributed by atoms with Gasteiger partial charge in [0.25, 0.3) is 0 Å². The molecule has 132 valence electrons. The van der Waals surface area contributed by atoms with Crippen LogP contribution in [0.3, 0.4) is 0 Å². The number of rotatable bonds is 3. The van der Waals surface area contributed by atoms with Crippen LogP contribution >= 0.6 is 11.6 Å². The molecule has 0 N–H and O–H groups in total. The zero-order valence-electron chi connectivity index (χ0n) is 13.4. The highest BCUT2D eigenvalue weighted by molar-refractivity contribution is 7.89. The molecule has 2 aromatic carbocycles. The van der Waals surface area contributed by atoms with Gasteiger partial charge in [0.15, 0.2) is 0 Å². The molecular weight excluding hydrogens is 367 g/mol. The molecule has 0 saturated carbocycles. The molecule has 0 spiro atoms. The first-order chi connectivity index (χ1) is 11.8. The SMILES string of the molecule is C[C@H]1C(=O)N(c2ccc(F)cc2)CCN1S(=O)(=O)c1ccc(Cl)cc1. The minimum atomic E-state index is -3.81. The summed E-state index contributed by atoms with van der Waals surface area (Å²) in [5.74, 6) is -0.747. The molecule has 2 aromatic rings. The Kier molecular flexibility index (Phi) is 4.81. The van der Waals surface area contributed by atoms with Gasteiger partial charge in [-0.1, -0.05) is 11.6 Å². The molecule has 8 heteroatoms. The highest BCUT2D eigenvalue weighted by Gasteiger charge is 2.39. The first-order valence-corrected chi connectivity index (χ1v) is 9.47. The van der Waals surface area contributed by atoms with Crippen molar-refractivity contribution >= 4 is 33.2 Å². The van der Waals surface area contributed by atoms with E-state index in [0.29, 0.717) is 10.7 Å². The molecule has 1 atom stereocenters. The Morgan fingerprint density at radius 3 is 2.24 bits per heavy atom. The molecule has 1 saturated heterocycles. The summed E-state index contributed by atoms with van der Waals surface area (Å²) < 4.78 is 39.9. The number of nitrogens with zero attached hydrogens (tertiary/aromatic N) is 2. The number of halogens is 2. The van der Waals surface area contributed by atoms with Crippen molar-refractivity contribution in [1.29, 1.82) is 0 Å². The summed E-state index contributed by atoms with van der Waals surface area (Å²) >= 11 is 5.80. The van der Waals surface area contributed by atoms with E-state index in [2.05, 4.69) is 0 Å². The van der Waals surface area contributed by atoms with E-state index in [-0.39, 0.29) is 23.9 Å². The second-order valence-corrected chi connectivity index (χ2v) is 8.04. The smallest absolute Gasteiger partial charge is 0.245 e. The van der Waals surface area contributed by atoms with Crippen molar-refractivity contribution in [2.75, 3.05) is 18.0 Å². The number of benzene rings is 2. The third kappa shape index (κ3) is 3.40. The normalized spacial score (nSPS) is 19.2. The lowest BCUT2D eigenvalue weighted by Gasteiger charge is -2.38. The van der Waals surface area contributed by atoms with Crippen LogP contribution in [-0.4, -0.2) is 37.8 Å². The van der Waals surface area contributed by atoms with Gasteiger partial charge in [-0.15, -0.1) is 0 Å². The molecule has 3 rings (SSSR count). The van der Waals surface area contributed by atoms with E-state index in [1.54, 1.807) is 6.92 Å². The number of sulfonamides is 1. The summed E-state index contributed by atoms with van der Waals surface area (Å²) in [7, 11) is -3.81. The lowest BCUT2D eigenvalue weighted by molar-refractivity contribution is -0.123. The van der Waals surface area contributed by atoms with E-state index < -0.39 is 21.9 Å². The minimum Gasteiger partial charge on any atom is -0.310 e. The number of hydrogen-bond acceptors (Lipinski definition) is 3. The van der Waals surface area contributed by atoms with Crippen LogP contribution in [-0.2, 0) is 14.8 Å². The number of amides is 1. The summed E-state index contributed by atoms with van der Waals surface area (Å²) in [5.41, 5.74) is 0.543. The van der Waals surface area contributed by atoms with Crippen LogP contribution in [0.5, 0.6) is 0 Å². The van der Waals surface area contributed by atoms with E-state index in [1.165, 1.54) is 57.7 Å². The quantitative estimate of drug-likeness (QED) is 0.820. The first kappa shape index (κ1) is 17.8. The fourth-order valence-corrected chi connectivity index (χ4v) is 4.50. The zero-order chi connectivity index (χ0) is 18.2. The molecule has 1 fully saturated rings. The van der Waals surface area contributed by atoms with Crippen LogP contribution in [0.4, 0.5) is 10.1 Å². The van der Waals surface area contributed by atoms with Gasteiger partial charge in [0.05, 0.1) is 4.90 Å². The molecule has 0 radical (unpaired) electrons.